The Labute approximate surface area is 92.4 Å². The predicted octanol–water partition coefficient (Wildman–Crippen LogP) is 1.86. The zero-order chi connectivity index (χ0) is 9.78. The first-order valence-corrected chi connectivity index (χ1v) is 5.10. The zero-order valence-corrected chi connectivity index (χ0v) is 9.50. The largest absolute Gasteiger partial charge is 0.422 e. The molecule has 0 N–H and O–H groups in total. The minimum absolute atomic E-state index is 0.141. The van der Waals surface area contributed by atoms with Crippen LogP contribution in [-0.4, -0.2) is 27.5 Å². The van der Waals surface area contributed by atoms with Gasteiger partial charge < -0.3 is 4.74 Å². The van der Waals surface area contributed by atoms with E-state index < -0.39 is 16.3 Å². The molecule has 0 aromatic carbocycles. The van der Waals surface area contributed by atoms with Crippen LogP contribution < -0.4 is 0 Å². The monoisotopic (exact) mass is 296 g/mol. The van der Waals surface area contributed by atoms with E-state index in [9.17, 15) is 9.59 Å². The third-order valence-electron chi connectivity index (χ3n) is 0.747. The molecule has 0 aromatic rings. The minimum Gasteiger partial charge on any atom is -0.422 e. The summed E-state index contributed by atoms with van der Waals surface area (Å²) in [4.78, 5) is 21.3. The average molecular weight is 298 g/mol. The van der Waals surface area contributed by atoms with Crippen molar-refractivity contribution in [1.82, 2.24) is 0 Å². The van der Waals surface area contributed by atoms with Crippen molar-refractivity contribution in [1.29, 1.82) is 0 Å². The van der Waals surface area contributed by atoms with Gasteiger partial charge in [-0.3, -0.25) is 4.79 Å². The summed E-state index contributed by atoms with van der Waals surface area (Å²) in [5.41, 5.74) is 0. The molecule has 7 heteroatoms. The number of ether oxygens (including phenoxy) is 1. The van der Waals surface area contributed by atoms with Crippen molar-refractivity contribution in [3.05, 3.63) is 0 Å². The summed E-state index contributed by atoms with van der Waals surface area (Å²) in [5.74, 6) is -2.19. The summed E-state index contributed by atoms with van der Waals surface area (Å²) >= 11 is 18.7. The van der Waals surface area contributed by atoms with Gasteiger partial charge in [0.15, 0.2) is 0 Å². The number of hydrogen-bond acceptors (Lipinski definition) is 3. The van der Waals surface area contributed by atoms with Crippen molar-refractivity contribution in [2.75, 3.05) is 11.2 Å². The first kappa shape index (κ1) is 12.5. The highest BCUT2D eigenvalue weighted by Crippen LogP contribution is 2.24. The van der Waals surface area contributed by atoms with Gasteiger partial charge in [-0.15, -0.1) is 11.6 Å². The van der Waals surface area contributed by atoms with Crippen LogP contribution in [0.25, 0.3) is 0 Å². The average Bonchev–Trinajstić information content (AvgIpc) is 2.02. The van der Waals surface area contributed by atoms with E-state index in [0.29, 0.717) is 0 Å². The molecule has 0 aliphatic rings. The number of carbonyl (C=O) groups is 2. The Morgan fingerprint density at radius 1 is 1.42 bits per heavy atom. The smallest absolute Gasteiger partial charge is 0.378 e. The lowest BCUT2D eigenvalue weighted by atomic mass is 10.5. The number of Topliss-reactive ketones (excluding diaryl/α,β-unsaturated/α-hetero) is 1. The van der Waals surface area contributed by atoms with E-state index in [0.717, 1.165) is 0 Å². The molecule has 0 bridgehead atoms. The quantitative estimate of drug-likeness (QED) is 0.452. The Hall–Kier alpha value is 0.490. The van der Waals surface area contributed by atoms with E-state index >= 15 is 0 Å². The summed E-state index contributed by atoms with van der Waals surface area (Å²) in [6.45, 7) is 0. The number of rotatable bonds is 4. The first-order valence-electron chi connectivity index (χ1n) is 2.69. The predicted molar refractivity (Wildman–Crippen MR) is 50.1 cm³/mol. The van der Waals surface area contributed by atoms with Crippen molar-refractivity contribution in [2.24, 2.45) is 0 Å². The van der Waals surface area contributed by atoms with E-state index in [1.165, 1.54) is 0 Å². The van der Waals surface area contributed by atoms with Gasteiger partial charge >= 0.3 is 5.97 Å². The standard InChI is InChI=1S/C5H4BrCl3O3/c6-1-3(10)4(11)12-5(8,9)2-7/h1-2H2. The molecule has 0 aliphatic heterocycles. The molecule has 0 aromatic heterocycles. The number of carbonyl (C=O) groups excluding carboxylic acids is 2. The third-order valence-corrected chi connectivity index (χ3v) is 2.33. The molecule has 0 radical (unpaired) electrons. The summed E-state index contributed by atoms with van der Waals surface area (Å²) in [6.07, 6.45) is 0. The van der Waals surface area contributed by atoms with Crippen LogP contribution in [0.5, 0.6) is 0 Å². The van der Waals surface area contributed by atoms with Gasteiger partial charge in [-0.1, -0.05) is 39.1 Å². The van der Waals surface area contributed by atoms with Crippen molar-refractivity contribution in [3.63, 3.8) is 0 Å². The second-order valence-corrected chi connectivity index (χ2v) is 3.96. The fourth-order valence-corrected chi connectivity index (χ4v) is 0.698. The SMILES string of the molecule is O=C(CBr)C(=O)OC(Cl)(Cl)CCl. The van der Waals surface area contributed by atoms with E-state index in [4.69, 9.17) is 34.8 Å². The Kier molecular flexibility index (Phi) is 5.48. The normalized spacial score (nSPS) is 11.0. The van der Waals surface area contributed by atoms with E-state index in [2.05, 4.69) is 20.7 Å². The van der Waals surface area contributed by atoms with Crippen LogP contribution in [0, 0.1) is 0 Å². The molecular weight excluding hydrogens is 294 g/mol. The molecule has 0 spiro atoms. The molecule has 12 heavy (non-hydrogen) atoms. The summed E-state index contributed by atoms with van der Waals surface area (Å²) in [7, 11) is 0. The number of esters is 1. The molecule has 70 valence electrons. The van der Waals surface area contributed by atoms with Crippen molar-refractivity contribution in [2.45, 2.75) is 4.52 Å². The Bertz CT molecular complexity index is 194. The first-order chi connectivity index (χ1) is 5.43. The lowest BCUT2D eigenvalue weighted by Crippen LogP contribution is -2.29. The van der Waals surface area contributed by atoms with Gasteiger partial charge in [0.25, 0.3) is 10.3 Å². The van der Waals surface area contributed by atoms with E-state index in [-0.39, 0.29) is 11.2 Å². The Balaban J connectivity index is 4.09. The maximum Gasteiger partial charge on any atom is 0.378 e. The molecule has 0 atom stereocenters. The molecule has 0 saturated carbocycles. The van der Waals surface area contributed by atoms with Gasteiger partial charge in [-0.25, -0.2) is 4.79 Å². The van der Waals surface area contributed by atoms with Gasteiger partial charge in [-0.05, 0) is 0 Å². The Morgan fingerprint density at radius 3 is 2.25 bits per heavy atom. The van der Waals surface area contributed by atoms with Gasteiger partial charge in [0.2, 0.25) is 0 Å². The second kappa shape index (κ2) is 5.27. The highest BCUT2D eigenvalue weighted by atomic mass is 79.9. The van der Waals surface area contributed by atoms with Crippen molar-refractivity contribution >= 4 is 62.5 Å². The van der Waals surface area contributed by atoms with Gasteiger partial charge in [0, 0.05) is 0 Å². The Morgan fingerprint density at radius 2 is 1.92 bits per heavy atom. The van der Waals surface area contributed by atoms with E-state index in [1.807, 2.05) is 0 Å². The molecule has 0 heterocycles. The second-order valence-electron chi connectivity index (χ2n) is 1.72. The summed E-state index contributed by atoms with van der Waals surface area (Å²) in [6, 6.07) is 0. The number of halogens is 4. The highest BCUT2D eigenvalue weighted by molar-refractivity contribution is 9.09. The van der Waals surface area contributed by atoms with E-state index in [1.54, 1.807) is 0 Å². The lowest BCUT2D eigenvalue weighted by molar-refractivity contribution is -0.155. The molecule has 0 amide bonds. The molecular formula is C5H4BrCl3O3. The van der Waals surface area contributed by atoms with Crippen LogP contribution in [-0.2, 0) is 14.3 Å². The molecule has 0 aliphatic carbocycles. The van der Waals surface area contributed by atoms with Crippen LogP contribution in [0.3, 0.4) is 0 Å². The number of ketones is 1. The summed E-state index contributed by atoms with van der Waals surface area (Å²) in [5, 5.41) is -0.141. The maximum absolute atomic E-state index is 10.7. The number of alkyl halides is 4. The molecule has 3 nitrogen and oxygen atoms in total. The summed E-state index contributed by atoms with van der Waals surface area (Å²) < 4.78 is 2.48. The third kappa shape index (κ3) is 4.50. The van der Waals surface area contributed by atoms with Gasteiger partial charge in [-0.2, -0.15) is 0 Å². The van der Waals surface area contributed by atoms with Gasteiger partial charge in [0.1, 0.15) is 0 Å². The van der Waals surface area contributed by atoms with Crippen LogP contribution in [0.15, 0.2) is 0 Å². The molecule has 0 fully saturated rings. The molecule has 0 rings (SSSR count). The van der Waals surface area contributed by atoms with Crippen LogP contribution >= 0.6 is 50.7 Å². The highest BCUT2D eigenvalue weighted by Gasteiger charge is 2.30. The zero-order valence-electron chi connectivity index (χ0n) is 5.65. The van der Waals surface area contributed by atoms with Crippen LogP contribution in [0.1, 0.15) is 0 Å². The fourth-order valence-electron chi connectivity index (χ4n) is 0.274. The van der Waals surface area contributed by atoms with Crippen molar-refractivity contribution in [3.8, 4) is 0 Å². The fraction of sp³-hybridized carbons (Fsp3) is 0.600. The number of hydrogen-bond donors (Lipinski definition) is 0. The van der Waals surface area contributed by atoms with Crippen LogP contribution in [0.4, 0.5) is 0 Å². The molecule has 0 saturated heterocycles. The maximum atomic E-state index is 10.7. The van der Waals surface area contributed by atoms with Crippen LogP contribution in [0.2, 0.25) is 0 Å². The molecule has 0 unspecified atom stereocenters. The topological polar surface area (TPSA) is 43.4 Å². The van der Waals surface area contributed by atoms with Crippen molar-refractivity contribution < 1.29 is 14.3 Å². The lowest BCUT2D eigenvalue weighted by Gasteiger charge is -2.15. The van der Waals surface area contributed by atoms with Gasteiger partial charge in [0.05, 0.1) is 11.2 Å². The minimum atomic E-state index is -1.84.